The minimum Gasteiger partial charge on any atom is -0.493 e. The predicted molar refractivity (Wildman–Crippen MR) is 139 cm³/mol. The molecule has 2 aromatic carbocycles. The molecule has 0 bridgehead atoms. The van der Waals surface area contributed by atoms with Crippen LogP contribution in [0, 0.1) is 0 Å². The lowest BCUT2D eigenvalue weighted by molar-refractivity contribution is -0.140. The second kappa shape index (κ2) is 14.2. The number of hydrogen-bond donors (Lipinski definition) is 0. The third-order valence-corrected chi connectivity index (χ3v) is 5.53. The van der Waals surface area contributed by atoms with Gasteiger partial charge < -0.3 is 19.1 Å². The smallest absolute Gasteiger partial charge is 0.343 e. The van der Waals surface area contributed by atoms with Gasteiger partial charge in [-0.25, -0.2) is 4.79 Å². The van der Waals surface area contributed by atoms with E-state index in [1.54, 1.807) is 20.2 Å². The number of ether oxygens (including phenoxy) is 3. The number of carbonyl (C=O) groups excluding carboxylic acids is 2. The summed E-state index contributed by atoms with van der Waals surface area (Å²) in [6.07, 6.45) is 3.94. The van der Waals surface area contributed by atoms with Gasteiger partial charge in [-0.2, -0.15) is 0 Å². The lowest BCUT2D eigenvalue weighted by Crippen LogP contribution is -2.38. The maximum Gasteiger partial charge on any atom is 0.343 e. The van der Waals surface area contributed by atoms with Gasteiger partial charge in [0.05, 0.1) is 19.8 Å². The Morgan fingerprint density at radius 3 is 2.37 bits per heavy atom. The Balaban J connectivity index is 0.000000803. The molecule has 0 N–H and O–H groups in total. The number of rotatable bonds is 6. The average Bonchev–Trinajstić information content (AvgIpc) is 2.89. The molecule has 0 aromatic heterocycles. The highest BCUT2D eigenvalue weighted by atomic mass is 16.5. The molecule has 6 nitrogen and oxygen atoms in total. The summed E-state index contributed by atoms with van der Waals surface area (Å²) >= 11 is 0. The molecular formula is C29H39NO5. The van der Waals surface area contributed by atoms with Crippen LogP contribution in [-0.2, 0) is 27.4 Å². The van der Waals surface area contributed by atoms with Gasteiger partial charge in [0.2, 0.25) is 0 Å². The Hall–Kier alpha value is -3.28. The van der Waals surface area contributed by atoms with E-state index in [0.717, 1.165) is 29.7 Å². The van der Waals surface area contributed by atoms with Gasteiger partial charge in [-0.1, -0.05) is 64.4 Å². The van der Waals surface area contributed by atoms with Crippen molar-refractivity contribution >= 4 is 11.8 Å². The average molecular weight is 482 g/mol. The van der Waals surface area contributed by atoms with Crippen molar-refractivity contribution < 1.29 is 23.8 Å². The summed E-state index contributed by atoms with van der Waals surface area (Å²) in [6.45, 7) is 11.4. The zero-order valence-corrected chi connectivity index (χ0v) is 21.9. The number of esters is 1. The van der Waals surface area contributed by atoms with E-state index in [0.29, 0.717) is 18.1 Å². The fourth-order valence-corrected chi connectivity index (χ4v) is 4.02. The quantitative estimate of drug-likeness (QED) is 0.370. The summed E-state index contributed by atoms with van der Waals surface area (Å²) in [6, 6.07) is 13.8. The van der Waals surface area contributed by atoms with E-state index < -0.39 is 5.97 Å². The Morgan fingerprint density at radius 2 is 1.74 bits per heavy atom. The van der Waals surface area contributed by atoms with E-state index >= 15 is 0 Å². The summed E-state index contributed by atoms with van der Waals surface area (Å²) < 4.78 is 16.6. The van der Waals surface area contributed by atoms with Gasteiger partial charge >= 0.3 is 5.97 Å². The Morgan fingerprint density at radius 1 is 1.06 bits per heavy atom. The molecule has 4 rings (SSSR count). The molecule has 190 valence electrons. The van der Waals surface area contributed by atoms with Crippen molar-refractivity contribution in [1.82, 2.24) is 4.90 Å². The summed E-state index contributed by atoms with van der Waals surface area (Å²) in [5.41, 5.74) is 3.39. The first-order chi connectivity index (χ1) is 17.0. The van der Waals surface area contributed by atoms with E-state index in [9.17, 15) is 9.59 Å². The molecule has 0 saturated carbocycles. The van der Waals surface area contributed by atoms with Crippen LogP contribution in [0.2, 0.25) is 0 Å². The molecule has 0 amide bonds. The number of hydrogen-bond acceptors (Lipinski definition) is 6. The van der Waals surface area contributed by atoms with Crippen LogP contribution in [0.15, 0.2) is 54.2 Å². The van der Waals surface area contributed by atoms with Crippen molar-refractivity contribution in [2.75, 3.05) is 20.3 Å². The Bertz CT molecular complexity index is 1000. The number of methoxy groups -OCH3 is 1. The highest BCUT2D eigenvalue weighted by Gasteiger charge is 2.36. The molecule has 2 aromatic rings. The molecule has 0 aliphatic carbocycles. The molecule has 0 radical (unpaired) electrons. The van der Waals surface area contributed by atoms with E-state index in [-0.39, 0.29) is 30.4 Å². The summed E-state index contributed by atoms with van der Waals surface area (Å²) in [5, 5.41) is 0. The second-order valence-electron chi connectivity index (χ2n) is 8.08. The first kappa shape index (κ1) is 28.0. The SMILES string of the molecule is CC.CCC.CCOC(=O)C1=CN2CCc3cc(OCc4ccccc4)c(OC)cc3C2CC1=O. The van der Waals surface area contributed by atoms with Crippen LogP contribution in [0.25, 0.3) is 0 Å². The van der Waals surface area contributed by atoms with Gasteiger partial charge in [0.15, 0.2) is 17.3 Å². The third kappa shape index (κ3) is 7.10. The fraction of sp³-hybridized carbons (Fsp3) is 0.448. The van der Waals surface area contributed by atoms with Gasteiger partial charge in [0.25, 0.3) is 0 Å². The molecular weight excluding hydrogens is 442 g/mol. The molecule has 1 atom stereocenters. The highest BCUT2D eigenvalue weighted by Crippen LogP contribution is 2.42. The number of carbonyl (C=O) groups is 2. The fourth-order valence-electron chi connectivity index (χ4n) is 4.02. The van der Waals surface area contributed by atoms with E-state index in [4.69, 9.17) is 14.2 Å². The molecule has 2 aliphatic rings. The number of nitrogens with zero attached hydrogens (tertiary/aromatic N) is 1. The van der Waals surface area contributed by atoms with E-state index in [2.05, 4.69) is 18.7 Å². The molecule has 0 spiro atoms. The maximum atomic E-state index is 12.6. The van der Waals surface area contributed by atoms with Crippen molar-refractivity contribution in [3.8, 4) is 11.5 Å². The monoisotopic (exact) mass is 481 g/mol. The number of fused-ring (bicyclic) bond motifs is 3. The van der Waals surface area contributed by atoms with Crippen LogP contribution >= 0.6 is 0 Å². The minimum atomic E-state index is -0.547. The van der Waals surface area contributed by atoms with Crippen molar-refractivity contribution in [2.45, 2.75) is 66.5 Å². The zero-order valence-electron chi connectivity index (χ0n) is 21.9. The van der Waals surface area contributed by atoms with Gasteiger partial charge in [-0.3, -0.25) is 4.79 Å². The first-order valence-corrected chi connectivity index (χ1v) is 12.6. The second-order valence-corrected chi connectivity index (χ2v) is 8.08. The summed E-state index contributed by atoms with van der Waals surface area (Å²) in [4.78, 5) is 26.7. The Kier molecular flexibility index (Phi) is 11.3. The summed E-state index contributed by atoms with van der Waals surface area (Å²) in [7, 11) is 1.61. The lowest BCUT2D eigenvalue weighted by atomic mass is 9.86. The molecule has 0 fully saturated rings. The molecule has 1 unspecified atom stereocenters. The zero-order chi connectivity index (χ0) is 25.8. The maximum absolute atomic E-state index is 12.6. The van der Waals surface area contributed by atoms with Crippen molar-refractivity contribution in [2.24, 2.45) is 0 Å². The standard InChI is InChI=1S/C24H25NO5.C3H8.C2H6/c1-3-29-24(27)19-14-25-10-9-17-11-23(30-15-16-7-5-4-6-8-16)22(28-2)12-18(17)20(25)13-21(19)26;1-3-2;1-2/h4-8,11-12,14,20H,3,9-10,13,15H2,1-2H3;3H2,1-2H3;1-2H3. The van der Waals surface area contributed by atoms with Gasteiger partial charge in [0, 0.05) is 19.2 Å². The van der Waals surface area contributed by atoms with Crippen LogP contribution < -0.4 is 9.47 Å². The third-order valence-electron chi connectivity index (χ3n) is 5.53. The van der Waals surface area contributed by atoms with Crippen LogP contribution in [0.4, 0.5) is 0 Å². The minimum absolute atomic E-state index is 0.114. The van der Waals surface area contributed by atoms with Crippen LogP contribution in [0.5, 0.6) is 11.5 Å². The lowest BCUT2D eigenvalue weighted by Gasteiger charge is -2.39. The van der Waals surface area contributed by atoms with Gasteiger partial charge in [0.1, 0.15) is 12.2 Å². The van der Waals surface area contributed by atoms with Crippen LogP contribution in [0.1, 0.15) is 70.2 Å². The number of ketones is 1. The molecule has 6 heteroatoms. The normalized spacial score (nSPS) is 15.7. The molecule has 0 saturated heterocycles. The van der Waals surface area contributed by atoms with Crippen LogP contribution in [-0.4, -0.2) is 36.9 Å². The molecule has 35 heavy (non-hydrogen) atoms. The molecule has 2 heterocycles. The van der Waals surface area contributed by atoms with Crippen LogP contribution in [0.3, 0.4) is 0 Å². The number of benzene rings is 2. The molecule has 2 aliphatic heterocycles. The number of Topliss-reactive ketones (excluding diaryl/α,β-unsaturated/α-hetero) is 1. The highest BCUT2D eigenvalue weighted by molar-refractivity contribution is 6.17. The van der Waals surface area contributed by atoms with E-state index in [1.165, 1.54) is 6.42 Å². The van der Waals surface area contributed by atoms with Gasteiger partial charge in [-0.15, -0.1) is 0 Å². The largest absolute Gasteiger partial charge is 0.493 e. The first-order valence-electron chi connectivity index (χ1n) is 12.6. The van der Waals surface area contributed by atoms with Crippen molar-refractivity contribution in [1.29, 1.82) is 0 Å². The Labute approximate surface area is 209 Å². The van der Waals surface area contributed by atoms with Gasteiger partial charge in [-0.05, 0) is 42.2 Å². The topological polar surface area (TPSA) is 65.1 Å². The van der Waals surface area contributed by atoms with Crippen molar-refractivity contribution in [3.63, 3.8) is 0 Å². The summed E-state index contributed by atoms with van der Waals surface area (Å²) in [5.74, 6) is 0.595. The van der Waals surface area contributed by atoms with E-state index in [1.807, 2.05) is 56.3 Å². The van der Waals surface area contributed by atoms with Crippen molar-refractivity contribution in [3.05, 3.63) is 70.9 Å². The predicted octanol–water partition coefficient (Wildman–Crippen LogP) is 6.04.